The van der Waals surface area contributed by atoms with Crippen molar-refractivity contribution in [3.8, 4) is 0 Å². The van der Waals surface area contributed by atoms with Crippen molar-refractivity contribution in [1.82, 2.24) is 0 Å². The summed E-state index contributed by atoms with van der Waals surface area (Å²) in [6.45, 7) is 4.18. The van der Waals surface area contributed by atoms with Crippen LogP contribution >= 0.6 is 0 Å². The summed E-state index contributed by atoms with van der Waals surface area (Å²) in [5, 5.41) is 0. The molecular weight excluding hydrogens is 184 g/mol. The van der Waals surface area contributed by atoms with Gasteiger partial charge in [0.2, 0.25) is 0 Å². The second kappa shape index (κ2) is 4.18. The fourth-order valence-corrected chi connectivity index (χ4v) is 2.25. The van der Waals surface area contributed by atoms with Crippen molar-refractivity contribution in [2.45, 2.75) is 39.5 Å². The first-order valence-electron chi connectivity index (χ1n) is 5.75. The van der Waals surface area contributed by atoms with Crippen molar-refractivity contribution in [2.75, 3.05) is 0 Å². The summed E-state index contributed by atoms with van der Waals surface area (Å²) >= 11 is 0. The molecule has 0 aliphatic heterocycles. The van der Waals surface area contributed by atoms with Gasteiger partial charge in [-0.3, -0.25) is 4.79 Å². The monoisotopic (exact) mass is 202 g/mol. The summed E-state index contributed by atoms with van der Waals surface area (Å²) in [5.41, 5.74) is 3.70. The van der Waals surface area contributed by atoms with Gasteiger partial charge in [0.25, 0.3) is 0 Å². The Morgan fingerprint density at radius 2 is 1.80 bits per heavy atom. The molecule has 1 saturated carbocycles. The normalized spacial score (nSPS) is 16.1. The molecule has 0 bridgehead atoms. The van der Waals surface area contributed by atoms with Crippen molar-refractivity contribution in [1.29, 1.82) is 0 Å². The van der Waals surface area contributed by atoms with Crippen LogP contribution in [0.4, 0.5) is 0 Å². The molecule has 2 rings (SSSR count). The van der Waals surface area contributed by atoms with E-state index in [-0.39, 0.29) is 0 Å². The average Bonchev–Trinajstić information content (AvgIpc) is 1.96. The Morgan fingerprint density at radius 3 is 2.27 bits per heavy atom. The lowest BCUT2D eigenvalue weighted by Crippen LogP contribution is -2.23. The highest BCUT2D eigenvalue weighted by atomic mass is 16.1. The number of benzene rings is 1. The predicted octanol–water partition coefficient (Wildman–Crippen LogP) is 3.22. The van der Waals surface area contributed by atoms with Gasteiger partial charge in [0.15, 0.2) is 0 Å². The summed E-state index contributed by atoms with van der Waals surface area (Å²) in [6, 6.07) is 6.41. The third-order valence-electron chi connectivity index (χ3n) is 3.22. The molecule has 1 aliphatic carbocycles. The molecule has 0 saturated heterocycles. The first-order valence-corrected chi connectivity index (χ1v) is 5.75. The van der Waals surface area contributed by atoms with Gasteiger partial charge in [-0.15, -0.1) is 0 Å². The Balaban J connectivity index is 2.06. The maximum atomic E-state index is 11.8. The number of ketones is 1. The van der Waals surface area contributed by atoms with Gasteiger partial charge in [-0.25, -0.2) is 0 Å². The molecular formula is C14H18O. The zero-order valence-electron chi connectivity index (χ0n) is 9.55. The molecule has 1 aliphatic rings. The molecule has 80 valence electrons. The van der Waals surface area contributed by atoms with Gasteiger partial charge in [-0.2, -0.15) is 0 Å². The number of aryl methyl sites for hydroxylation is 2. The first-order chi connectivity index (χ1) is 7.15. The fraction of sp³-hybridized carbons (Fsp3) is 0.500. The Labute approximate surface area is 91.5 Å². The molecule has 1 aromatic carbocycles. The van der Waals surface area contributed by atoms with Crippen LogP contribution in [0.3, 0.4) is 0 Å². The summed E-state index contributed by atoms with van der Waals surface area (Å²) in [4.78, 5) is 11.8. The van der Waals surface area contributed by atoms with Gasteiger partial charge in [-0.05, 0) is 32.3 Å². The van der Waals surface area contributed by atoms with Crippen molar-refractivity contribution in [2.24, 2.45) is 5.92 Å². The third kappa shape index (κ3) is 2.47. The van der Waals surface area contributed by atoms with Crippen molar-refractivity contribution >= 4 is 5.78 Å². The highest BCUT2D eigenvalue weighted by Crippen LogP contribution is 2.28. The van der Waals surface area contributed by atoms with E-state index in [0.717, 1.165) is 12.8 Å². The van der Waals surface area contributed by atoms with Gasteiger partial charge < -0.3 is 0 Å². The van der Waals surface area contributed by atoms with Crippen molar-refractivity contribution in [3.63, 3.8) is 0 Å². The lowest BCUT2D eigenvalue weighted by atomic mass is 9.80. The van der Waals surface area contributed by atoms with Crippen molar-refractivity contribution < 1.29 is 4.79 Å². The van der Waals surface area contributed by atoms with Gasteiger partial charge in [0, 0.05) is 12.3 Å². The van der Waals surface area contributed by atoms with E-state index in [1.807, 2.05) is 0 Å². The van der Waals surface area contributed by atoms with Crippen LogP contribution in [-0.2, 0) is 11.2 Å². The lowest BCUT2D eigenvalue weighted by Gasteiger charge is -2.23. The molecule has 15 heavy (non-hydrogen) atoms. The summed E-state index contributed by atoms with van der Waals surface area (Å²) in [6.07, 6.45) is 4.10. The van der Waals surface area contributed by atoms with E-state index >= 15 is 0 Å². The van der Waals surface area contributed by atoms with E-state index < -0.39 is 0 Å². The van der Waals surface area contributed by atoms with E-state index in [4.69, 9.17) is 0 Å². The van der Waals surface area contributed by atoms with Crippen LogP contribution < -0.4 is 0 Å². The number of carbonyl (C=O) groups excluding carboxylic acids is 1. The molecule has 1 aromatic rings. The lowest BCUT2D eigenvalue weighted by molar-refractivity contribution is -0.124. The quantitative estimate of drug-likeness (QED) is 0.735. The SMILES string of the molecule is Cc1cc(C)cc(CC(=O)C2CCC2)c1. The second-order valence-corrected chi connectivity index (χ2v) is 4.77. The maximum absolute atomic E-state index is 11.8. The van der Waals surface area contributed by atoms with E-state index in [1.165, 1.54) is 23.1 Å². The van der Waals surface area contributed by atoms with E-state index in [2.05, 4.69) is 32.0 Å². The molecule has 0 aromatic heterocycles. The van der Waals surface area contributed by atoms with Crippen LogP contribution in [0.1, 0.15) is 36.0 Å². The summed E-state index contributed by atoms with van der Waals surface area (Å²) in [5.74, 6) is 0.803. The van der Waals surface area contributed by atoms with E-state index in [9.17, 15) is 4.79 Å². The van der Waals surface area contributed by atoms with Crippen molar-refractivity contribution in [3.05, 3.63) is 34.9 Å². The second-order valence-electron chi connectivity index (χ2n) is 4.77. The summed E-state index contributed by atoms with van der Waals surface area (Å²) < 4.78 is 0. The zero-order valence-corrected chi connectivity index (χ0v) is 9.55. The van der Waals surface area contributed by atoms with Crippen LogP contribution in [0.25, 0.3) is 0 Å². The van der Waals surface area contributed by atoms with Gasteiger partial charge >= 0.3 is 0 Å². The average molecular weight is 202 g/mol. The molecule has 0 N–H and O–H groups in total. The molecule has 0 radical (unpaired) electrons. The third-order valence-corrected chi connectivity index (χ3v) is 3.22. The molecule has 0 spiro atoms. The standard InChI is InChI=1S/C14H18O/c1-10-6-11(2)8-12(7-10)9-14(15)13-4-3-5-13/h6-8,13H,3-5,9H2,1-2H3. The van der Waals surface area contributed by atoms with Crippen LogP contribution in [-0.4, -0.2) is 5.78 Å². The minimum atomic E-state index is 0.366. The number of Topliss-reactive ketones (excluding diaryl/α,β-unsaturated/α-hetero) is 1. The predicted molar refractivity (Wildman–Crippen MR) is 62.0 cm³/mol. The van der Waals surface area contributed by atoms with Gasteiger partial charge in [0.1, 0.15) is 5.78 Å². The Morgan fingerprint density at radius 1 is 1.20 bits per heavy atom. The smallest absolute Gasteiger partial charge is 0.140 e. The number of hydrogen-bond donors (Lipinski definition) is 0. The first kappa shape index (κ1) is 10.4. The number of hydrogen-bond acceptors (Lipinski definition) is 1. The topological polar surface area (TPSA) is 17.1 Å². The Bertz CT molecular complexity index is 355. The maximum Gasteiger partial charge on any atom is 0.140 e. The Kier molecular flexibility index (Phi) is 2.90. The van der Waals surface area contributed by atoms with E-state index in [0.29, 0.717) is 18.1 Å². The summed E-state index contributed by atoms with van der Waals surface area (Å²) in [7, 11) is 0. The minimum absolute atomic E-state index is 0.366. The minimum Gasteiger partial charge on any atom is -0.299 e. The molecule has 1 nitrogen and oxygen atoms in total. The number of rotatable bonds is 3. The molecule has 1 fully saturated rings. The van der Waals surface area contributed by atoms with Crippen LogP contribution in [0.15, 0.2) is 18.2 Å². The van der Waals surface area contributed by atoms with Crippen LogP contribution in [0, 0.1) is 19.8 Å². The fourth-order valence-electron chi connectivity index (χ4n) is 2.25. The van der Waals surface area contributed by atoms with Gasteiger partial charge in [0.05, 0.1) is 0 Å². The molecule has 0 heterocycles. The molecule has 0 atom stereocenters. The van der Waals surface area contributed by atoms with Crippen LogP contribution in [0.5, 0.6) is 0 Å². The van der Waals surface area contributed by atoms with Crippen LogP contribution in [0.2, 0.25) is 0 Å². The highest BCUT2D eigenvalue weighted by molar-refractivity contribution is 5.84. The Hall–Kier alpha value is -1.11. The zero-order chi connectivity index (χ0) is 10.8. The highest BCUT2D eigenvalue weighted by Gasteiger charge is 2.24. The molecule has 0 amide bonds. The largest absolute Gasteiger partial charge is 0.299 e. The van der Waals surface area contributed by atoms with E-state index in [1.54, 1.807) is 0 Å². The number of carbonyl (C=O) groups is 1. The molecule has 0 unspecified atom stereocenters. The molecule has 1 heteroatoms. The van der Waals surface area contributed by atoms with Gasteiger partial charge in [-0.1, -0.05) is 35.7 Å².